The van der Waals surface area contributed by atoms with Crippen molar-refractivity contribution < 1.29 is 14.0 Å². The predicted molar refractivity (Wildman–Crippen MR) is 112 cm³/mol. The molecule has 1 saturated heterocycles. The van der Waals surface area contributed by atoms with Crippen molar-refractivity contribution >= 4 is 23.2 Å². The molecular weight excluding hydrogens is 369 g/mol. The third-order valence-corrected chi connectivity index (χ3v) is 5.90. The zero-order valence-electron chi connectivity index (χ0n) is 16.9. The van der Waals surface area contributed by atoms with Crippen LogP contribution in [0.15, 0.2) is 36.4 Å². The highest BCUT2D eigenvalue weighted by atomic mass is 19.1. The number of carbonyl (C=O) groups is 2. The number of nitrogens with one attached hydrogen (secondary N) is 1. The average Bonchev–Trinajstić information content (AvgIpc) is 2.97. The molecule has 2 aliphatic rings. The van der Waals surface area contributed by atoms with E-state index in [1.165, 1.54) is 6.07 Å². The van der Waals surface area contributed by atoms with E-state index in [1.807, 2.05) is 11.0 Å². The number of aryl methyl sites for hydroxylation is 1. The van der Waals surface area contributed by atoms with Crippen molar-refractivity contribution in [3.8, 4) is 0 Å². The first-order valence-electron chi connectivity index (χ1n) is 10.3. The number of hydrogen-bond acceptors (Lipinski definition) is 3. The van der Waals surface area contributed by atoms with Crippen molar-refractivity contribution in [1.29, 1.82) is 0 Å². The van der Waals surface area contributed by atoms with Crippen LogP contribution in [0.1, 0.15) is 58.9 Å². The molecule has 0 bridgehead atoms. The molecule has 0 aromatic heterocycles. The molecule has 4 rings (SSSR count). The smallest absolute Gasteiger partial charge is 0.257 e. The Hall–Kier alpha value is -2.89. The van der Waals surface area contributed by atoms with Gasteiger partial charge < -0.3 is 15.1 Å². The second kappa shape index (κ2) is 7.85. The standard InChI is InChI=1S/C23H26FN3O2/c1-3-26-20-14-16(22(28)25-17-9-11-19(24)15(2)13-17)8-10-18(20)23(29)27-12-6-4-5-7-21(26)27/h8-11,13-14,21H,3-7,12H2,1-2H3,(H,25,28)/t21-/m0/s1. The molecular formula is C23H26FN3O2. The summed E-state index contributed by atoms with van der Waals surface area (Å²) in [7, 11) is 0. The van der Waals surface area contributed by atoms with Gasteiger partial charge >= 0.3 is 0 Å². The molecule has 6 heteroatoms. The Bertz CT molecular complexity index is 959. The molecule has 1 fully saturated rings. The molecule has 2 aliphatic heterocycles. The number of fused-ring (bicyclic) bond motifs is 2. The number of carbonyl (C=O) groups excluding carboxylic acids is 2. The van der Waals surface area contributed by atoms with Crippen molar-refractivity contribution in [1.82, 2.24) is 4.90 Å². The molecule has 2 aromatic rings. The maximum Gasteiger partial charge on any atom is 0.257 e. The Kier molecular flexibility index (Phi) is 5.26. The van der Waals surface area contributed by atoms with Crippen molar-refractivity contribution in [2.75, 3.05) is 23.3 Å². The van der Waals surface area contributed by atoms with Crippen LogP contribution in [-0.2, 0) is 0 Å². The van der Waals surface area contributed by atoms with Gasteiger partial charge in [-0.2, -0.15) is 0 Å². The van der Waals surface area contributed by atoms with E-state index in [0.717, 1.165) is 44.5 Å². The molecule has 0 saturated carbocycles. The summed E-state index contributed by atoms with van der Waals surface area (Å²) in [5.41, 5.74) is 2.98. The zero-order chi connectivity index (χ0) is 20.5. The fraction of sp³-hybridized carbons (Fsp3) is 0.391. The molecule has 0 radical (unpaired) electrons. The van der Waals surface area contributed by atoms with Gasteiger partial charge in [-0.25, -0.2) is 4.39 Å². The first-order chi connectivity index (χ1) is 14.0. The topological polar surface area (TPSA) is 52.7 Å². The number of halogens is 1. The van der Waals surface area contributed by atoms with E-state index in [1.54, 1.807) is 31.2 Å². The van der Waals surface area contributed by atoms with E-state index >= 15 is 0 Å². The number of rotatable bonds is 3. The van der Waals surface area contributed by atoms with Gasteiger partial charge in [-0.05, 0) is 75.1 Å². The number of amides is 2. The molecule has 29 heavy (non-hydrogen) atoms. The largest absolute Gasteiger partial charge is 0.351 e. The SMILES string of the molecule is CCN1c2cc(C(=O)Nc3ccc(F)c(C)c3)ccc2C(=O)N2CCCCC[C@H]21. The maximum absolute atomic E-state index is 13.5. The summed E-state index contributed by atoms with van der Waals surface area (Å²) >= 11 is 0. The molecule has 2 aromatic carbocycles. The Labute approximate surface area is 170 Å². The average molecular weight is 395 g/mol. The van der Waals surface area contributed by atoms with Crippen LogP contribution in [0.2, 0.25) is 0 Å². The lowest BCUT2D eigenvalue weighted by molar-refractivity contribution is 0.0656. The number of nitrogens with zero attached hydrogens (tertiary/aromatic N) is 2. The first kappa shape index (κ1) is 19.4. The molecule has 152 valence electrons. The summed E-state index contributed by atoms with van der Waals surface area (Å²) < 4.78 is 13.5. The normalized spacial score (nSPS) is 18.7. The maximum atomic E-state index is 13.5. The summed E-state index contributed by atoms with van der Waals surface area (Å²) in [4.78, 5) is 30.1. The summed E-state index contributed by atoms with van der Waals surface area (Å²) in [6.45, 7) is 5.29. The summed E-state index contributed by atoms with van der Waals surface area (Å²) in [6.07, 6.45) is 4.28. The summed E-state index contributed by atoms with van der Waals surface area (Å²) in [5.74, 6) is -0.523. The van der Waals surface area contributed by atoms with Gasteiger partial charge in [0.15, 0.2) is 0 Å². The highest BCUT2D eigenvalue weighted by molar-refractivity contribution is 6.08. The van der Waals surface area contributed by atoms with Gasteiger partial charge in [0.05, 0.1) is 11.3 Å². The Balaban J connectivity index is 1.65. The van der Waals surface area contributed by atoms with E-state index in [-0.39, 0.29) is 23.8 Å². The third kappa shape index (κ3) is 3.59. The quantitative estimate of drug-likeness (QED) is 0.828. The predicted octanol–water partition coefficient (Wildman–Crippen LogP) is 4.57. The van der Waals surface area contributed by atoms with Gasteiger partial charge in [-0.15, -0.1) is 0 Å². The minimum absolute atomic E-state index is 0.0534. The fourth-order valence-electron chi connectivity index (χ4n) is 4.37. The summed E-state index contributed by atoms with van der Waals surface area (Å²) in [5, 5.41) is 2.82. The van der Waals surface area contributed by atoms with E-state index in [0.29, 0.717) is 22.4 Å². The second-order valence-electron chi connectivity index (χ2n) is 7.76. The number of benzene rings is 2. The van der Waals surface area contributed by atoms with Crippen LogP contribution in [0.25, 0.3) is 0 Å². The van der Waals surface area contributed by atoms with Crippen LogP contribution in [0.5, 0.6) is 0 Å². The van der Waals surface area contributed by atoms with E-state index in [2.05, 4.69) is 17.1 Å². The van der Waals surface area contributed by atoms with E-state index in [9.17, 15) is 14.0 Å². The van der Waals surface area contributed by atoms with Gasteiger partial charge in [0.1, 0.15) is 12.0 Å². The highest BCUT2D eigenvalue weighted by Gasteiger charge is 2.37. The third-order valence-electron chi connectivity index (χ3n) is 5.90. The van der Waals surface area contributed by atoms with Crippen molar-refractivity contribution in [2.24, 2.45) is 0 Å². The van der Waals surface area contributed by atoms with Crippen LogP contribution in [0, 0.1) is 12.7 Å². The second-order valence-corrected chi connectivity index (χ2v) is 7.76. The molecule has 0 unspecified atom stereocenters. The van der Waals surface area contributed by atoms with Crippen molar-refractivity contribution in [3.63, 3.8) is 0 Å². The Morgan fingerprint density at radius 2 is 2.00 bits per heavy atom. The molecule has 5 nitrogen and oxygen atoms in total. The van der Waals surface area contributed by atoms with Gasteiger partial charge in [0, 0.05) is 24.3 Å². The van der Waals surface area contributed by atoms with Gasteiger partial charge in [0.2, 0.25) is 0 Å². The molecule has 0 aliphatic carbocycles. The van der Waals surface area contributed by atoms with Gasteiger partial charge in [-0.1, -0.05) is 6.42 Å². The van der Waals surface area contributed by atoms with E-state index in [4.69, 9.17) is 0 Å². The lowest BCUT2D eigenvalue weighted by Gasteiger charge is -2.44. The van der Waals surface area contributed by atoms with Crippen molar-refractivity contribution in [3.05, 3.63) is 58.9 Å². The van der Waals surface area contributed by atoms with Crippen LogP contribution in [-0.4, -0.2) is 36.0 Å². The highest BCUT2D eigenvalue weighted by Crippen LogP contribution is 2.35. The van der Waals surface area contributed by atoms with Crippen molar-refractivity contribution in [2.45, 2.75) is 45.7 Å². The number of hydrogen-bond donors (Lipinski definition) is 1. The minimum atomic E-state index is -0.304. The zero-order valence-corrected chi connectivity index (χ0v) is 16.9. The monoisotopic (exact) mass is 395 g/mol. The van der Waals surface area contributed by atoms with Crippen LogP contribution >= 0.6 is 0 Å². The molecule has 1 atom stereocenters. The minimum Gasteiger partial charge on any atom is -0.351 e. The molecule has 0 spiro atoms. The van der Waals surface area contributed by atoms with Crippen LogP contribution in [0.4, 0.5) is 15.8 Å². The Morgan fingerprint density at radius 1 is 1.17 bits per heavy atom. The molecule has 2 heterocycles. The lowest BCUT2D eigenvalue weighted by atomic mass is 10.0. The van der Waals surface area contributed by atoms with Gasteiger partial charge in [0.25, 0.3) is 11.8 Å². The fourth-order valence-corrected chi connectivity index (χ4v) is 4.37. The molecule has 1 N–H and O–H groups in total. The molecule has 2 amide bonds. The number of anilines is 2. The lowest BCUT2D eigenvalue weighted by Crippen LogP contribution is -2.55. The van der Waals surface area contributed by atoms with E-state index < -0.39 is 0 Å². The van der Waals surface area contributed by atoms with Gasteiger partial charge in [-0.3, -0.25) is 9.59 Å². The Morgan fingerprint density at radius 3 is 2.76 bits per heavy atom. The van der Waals surface area contributed by atoms with Crippen LogP contribution < -0.4 is 10.2 Å². The first-order valence-corrected chi connectivity index (χ1v) is 10.3. The summed E-state index contributed by atoms with van der Waals surface area (Å²) in [6, 6.07) is 9.75. The van der Waals surface area contributed by atoms with Crippen LogP contribution in [0.3, 0.4) is 0 Å².